The normalized spacial score (nSPS) is 10.4. The van der Waals surface area contributed by atoms with Crippen molar-refractivity contribution in [1.29, 1.82) is 0 Å². The number of anilines is 1. The predicted molar refractivity (Wildman–Crippen MR) is 88.4 cm³/mol. The highest BCUT2D eigenvalue weighted by Crippen LogP contribution is 2.24. The number of rotatable bonds is 5. The van der Waals surface area contributed by atoms with Crippen LogP contribution < -0.4 is 5.73 Å². The molecule has 110 valence electrons. The molecule has 2 N–H and O–H groups in total. The maximum Gasteiger partial charge on any atom is 0.340 e. The third-order valence-corrected chi connectivity index (χ3v) is 4.23. The minimum absolute atomic E-state index is 0.376. The van der Waals surface area contributed by atoms with Gasteiger partial charge in [-0.3, -0.25) is 0 Å². The molecule has 0 saturated carbocycles. The van der Waals surface area contributed by atoms with E-state index in [1.54, 1.807) is 17.8 Å². The van der Waals surface area contributed by atoms with E-state index in [-0.39, 0.29) is 5.97 Å². The second-order valence-corrected chi connectivity index (χ2v) is 5.84. The molecular formula is C17H19NO2S. The van der Waals surface area contributed by atoms with Crippen LogP contribution in [0.25, 0.3) is 0 Å². The largest absolute Gasteiger partial charge is 0.465 e. The highest BCUT2D eigenvalue weighted by atomic mass is 32.2. The van der Waals surface area contributed by atoms with Gasteiger partial charge in [-0.2, -0.15) is 11.8 Å². The molecule has 0 saturated heterocycles. The number of hydrogen-bond donors (Lipinski definition) is 1. The Morgan fingerprint density at radius 1 is 1.19 bits per heavy atom. The number of benzene rings is 2. The van der Waals surface area contributed by atoms with Crippen molar-refractivity contribution in [2.45, 2.75) is 18.4 Å². The molecule has 0 heterocycles. The van der Waals surface area contributed by atoms with E-state index in [1.807, 2.05) is 12.1 Å². The highest BCUT2D eigenvalue weighted by molar-refractivity contribution is 7.97. The number of nitrogen functional groups attached to an aromatic ring is 1. The highest BCUT2D eigenvalue weighted by Gasteiger charge is 2.15. The average Bonchev–Trinajstić information content (AvgIpc) is 2.47. The van der Waals surface area contributed by atoms with Crippen molar-refractivity contribution in [1.82, 2.24) is 0 Å². The zero-order valence-corrected chi connectivity index (χ0v) is 13.1. The Kier molecular flexibility index (Phi) is 5.28. The van der Waals surface area contributed by atoms with Crippen LogP contribution in [0, 0.1) is 6.92 Å². The van der Waals surface area contributed by atoms with E-state index in [9.17, 15) is 4.79 Å². The molecule has 0 aliphatic rings. The molecule has 0 aromatic heterocycles. The van der Waals surface area contributed by atoms with Crippen LogP contribution in [0.1, 0.15) is 27.0 Å². The van der Waals surface area contributed by atoms with Crippen LogP contribution in [-0.4, -0.2) is 13.1 Å². The van der Waals surface area contributed by atoms with Gasteiger partial charge >= 0.3 is 5.97 Å². The number of thioether (sulfide) groups is 1. The van der Waals surface area contributed by atoms with Gasteiger partial charge in [-0.1, -0.05) is 42.0 Å². The molecule has 0 aliphatic heterocycles. The number of carbonyl (C=O) groups is 1. The first kappa shape index (κ1) is 15.4. The fourth-order valence-corrected chi connectivity index (χ4v) is 3.15. The summed E-state index contributed by atoms with van der Waals surface area (Å²) >= 11 is 1.76. The SMILES string of the molecule is COC(=O)c1c(N)cccc1CSCc1cccc(C)c1. The summed E-state index contributed by atoms with van der Waals surface area (Å²) in [5.74, 6) is 1.25. The first-order valence-corrected chi connectivity index (χ1v) is 7.86. The zero-order valence-electron chi connectivity index (χ0n) is 12.3. The lowest BCUT2D eigenvalue weighted by Crippen LogP contribution is -2.09. The monoisotopic (exact) mass is 301 g/mol. The quantitative estimate of drug-likeness (QED) is 0.674. The van der Waals surface area contributed by atoms with Gasteiger partial charge in [0.15, 0.2) is 0 Å². The van der Waals surface area contributed by atoms with Crippen LogP contribution in [0.5, 0.6) is 0 Å². The van der Waals surface area contributed by atoms with E-state index < -0.39 is 0 Å². The van der Waals surface area contributed by atoms with Crippen LogP contribution in [0.2, 0.25) is 0 Å². The topological polar surface area (TPSA) is 52.3 Å². The summed E-state index contributed by atoms with van der Waals surface area (Å²) < 4.78 is 4.81. The van der Waals surface area contributed by atoms with E-state index in [1.165, 1.54) is 18.2 Å². The third-order valence-electron chi connectivity index (χ3n) is 3.18. The van der Waals surface area contributed by atoms with E-state index in [0.29, 0.717) is 11.3 Å². The second-order valence-electron chi connectivity index (χ2n) is 4.85. The molecule has 4 heteroatoms. The summed E-state index contributed by atoms with van der Waals surface area (Å²) in [5.41, 5.74) is 10.3. The van der Waals surface area contributed by atoms with Crippen molar-refractivity contribution in [3.8, 4) is 0 Å². The summed E-state index contributed by atoms with van der Waals surface area (Å²) in [5, 5.41) is 0. The van der Waals surface area contributed by atoms with E-state index in [2.05, 4.69) is 31.2 Å². The summed E-state index contributed by atoms with van der Waals surface area (Å²) in [7, 11) is 1.37. The van der Waals surface area contributed by atoms with Gasteiger partial charge in [0.1, 0.15) is 0 Å². The Hall–Kier alpha value is -1.94. The van der Waals surface area contributed by atoms with E-state index in [4.69, 9.17) is 10.5 Å². The molecule has 2 aromatic carbocycles. The molecule has 2 aromatic rings. The van der Waals surface area contributed by atoms with Gasteiger partial charge in [-0.15, -0.1) is 0 Å². The van der Waals surface area contributed by atoms with Crippen molar-refractivity contribution in [2.24, 2.45) is 0 Å². The summed E-state index contributed by atoms with van der Waals surface area (Å²) in [6.07, 6.45) is 0. The Morgan fingerprint density at radius 2 is 1.95 bits per heavy atom. The molecule has 0 fully saturated rings. The number of hydrogen-bond acceptors (Lipinski definition) is 4. The van der Waals surface area contributed by atoms with Gasteiger partial charge in [0.05, 0.1) is 12.7 Å². The molecule has 0 atom stereocenters. The summed E-state index contributed by atoms with van der Waals surface area (Å²) in [6, 6.07) is 13.9. The van der Waals surface area contributed by atoms with Crippen molar-refractivity contribution in [3.05, 3.63) is 64.7 Å². The van der Waals surface area contributed by atoms with Gasteiger partial charge in [0.2, 0.25) is 0 Å². The lowest BCUT2D eigenvalue weighted by Gasteiger charge is -2.10. The number of carbonyl (C=O) groups excluding carboxylic acids is 1. The molecule has 0 bridgehead atoms. The first-order chi connectivity index (χ1) is 10.1. The number of methoxy groups -OCH3 is 1. The molecule has 0 spiro atoms. The Balaban J connectivity index is 2.07. The van der Waals surface area contributed by atoms with Crippen molar-refractivity contribution < 1.29 is 9.53 Å². The van der Waals surface area contributed by atoms with Crippen LogP contribution in [-0.2, 0) is 16.2 Å². The average molecular weight is 301 g/mol. The molecule has 21 heavy (non-hydrogen) atoms. The van der Waals surface area contributed by atoms with Crippen LogP contribution in [0.3, 0.4) is 0 Å². The summed E-state index contributed by atoms with van der Waals surface area (Å²) in [4.78, 5) is 11.8. The molecular weight excluding hydrogens is 282 g/mol. The smallest absolute Gasteiger partial charge is 0.340 e. The lowest BCUT2D eigenvalue weighted by molar-refractivity contribution is 0.0601. The van der Waals surface area contributed by atoms with Crippen molar-refractivity contribution in [3.63, 3.8) is 0 Å². The maximum absolute atomic E-state index is 11.8. The van der Waals surface area contributed by atoms with E-state index >= 15 is 0 Å². The molecule has 0 aliphatic carbocycles. The fourth-order valence-electron chi connectivity index (χ4n) is 2.17. The number of esters is 1. The Morgan fingerprint density at radius 3 is 2.67 bits per heavy atom. The maximum atomic E-state index is 11.8. The van der Waals surface area contributed by atoms with Crippen LogP contribution in [0.4, 0.5) is 5.69 Å². The van der Waals surface area contributed by atoms with Gasteiger partial charge in [-0.05, 0) is 24.1 Å². The van der Waals surface area contributed by atoms with Gasteiger partial charge in [0.25, 0.3) is 0 Å². The van der Waals surface area contributed by atoms with Gasteiger partial charge in [-0.25, -0.2) is 4.79 Å². The van der Waals surface area contributed by atoms with Crippen LogP contribution >= 0.6 is 11.8 Å². The predicted octanol–water partition coefficient (Wildman–Crippen LogP) is 3.80. The Labute approximate surface area is 129 Å². The summed E-state index contributed by atoms with van der Waals surface area (Å²) in [6.45, 7) is 2.08. The molecule has 0 amide bonds. The van der Waals surface area contributed by atoms with Crippen molar-refractivity contribution in [2.75, 3.05) is 12.8 Å². The van der Waals surface area contributed by atoms with Crippen molar-refractivity contribution >= 4 is 23.4 Å². The number of aryl methyl sites for hydroxylation is 1. The number of ether oxygens (including phenoxy) is 1. The van der Waals surface area contributed by atoms with E-state index in [0.717, 1.165) is 17.1 Å². The lowest BCUT2D eigenvalue weighted by atomic mass is 10.1. The minimum Gasteiger partial charge on any atom is -0.465 e. The Bertz CT molecular complexity index is 640. The third kappa shape index (κ3) is 4.02. The molecule has 0 radical (unpaired) electrons. The van der Waals surface area contributed by atoms with Gasteiger partial charge < -0.3 is 10.5 Å². The fraction of sp³-hybridized carbons (Fsp3) is 0.235. The minimum atomic E-state index is -0.376. The molecule has 2 rings (SSSR count). The standard InChI is InChI=1S/C17H19NO2S/c1-12-5-3-6-13(9-12)10-21-11-14-7-4-8-15(18)16(14)17(19)20-2/h3-9H,10-11,18H2,1-2H3. The molecule has 0 unspecified atom stereocenters. The second kappa shape index (κ2) is 7.18. The zero-order chi connectivity index (χ0) is 15.2. The molecule has 3 nitrogen and oxygen atoms in total. The van der Waals surface area contributed by atoms with Crippen LogP contribution in [0.15, 0.2) is 42.5 Å². The number of nitrogens with two attached hydrogens (primary N) is 1. The first-order valence-electron chi connectivity index (χ1n) is 6.71. The van der Waals surface area contributed by atoms with Gasteiger partial charge in [0, 0.05) is 17.2 Å².